The molecular formula is C28H33N3O5S. The second-order valence-electron chi connectivity index (χ2n) is 8.95. The van der Waals surface area contributed by atoms with Crippen LogP contribution in [0.25, 0.3) is 0 Å². The minimum atomic E-state index is -3.71. The summed E-state index contributed by atoms with van der Waals surface area (Å²) in [4.78, 5) is 17.4. The third-order valence-corrected chi connectivity index (χ3v) is 7.74. The van der Waals surface area contributed by atoms with E-state index >= 15 is 0 Å². The average molecular weight is 524 g/mol. The molecule has 4 rings (SSSR count). The van der Waals surface area contributed by atoms with Gasteiger partial charge in [0.05, 0.1) is 32.2 Å². The Kier molecular flexibility index (Phi) is 8.35. The highest BCUT2D eigenvalue weighted by Gasteiger charge is 2.30. The van der Waals surface area contributed by atoms with Crippen molar-refractivity contribution in [2.24, 2.45) is 0 Å². The summed E-state index contributed by atoms with van der Waals surface area (Å²) in [6.07, 6.45) is 1.10. The van der Waals surface area contributed by atoms with E-state index in [0.29, 0.717) is 43.4 Å². The Morgan fingerprint density at radius 2 is 1.38 bits per heavy atom. The van der Waals surface area contributed by atoms with Crippen molar-refractivity contribution >= 4 is 21.6 Å². The molecule has 0 saturated carbocycles. The lowest BCUT2D eigenvalue weighted by atomic mass is 9.96. The topological polar surface area (TPSA) is 79.4 Å². The van der Waals surface area contributed by atoms with Gasteiger partial charge in [0.1, 0.15) is 6.54 Å². The van der Waals surface area contributed by atoms with Gasteiger partial charge in [0.2, 0.25) is 15.9 Å². The summed E-state index contributed by atoms with van der Waals surface area (Å²) < 4.78 is 37.0. The molecule has 1 fully saturated rings. The van der Waals surface area contributed by atoms with Crippen LogP contribution in [-0.4, -0.2) is 77.3 Å². The van der Waals surface area contributed by atoms with Gasteiger partial charge < -0.3 is 14.4 Å². The molecule has 9 heteroatoms. The molecule has 0 radical (unpaired) electrons. The van der Waals surface area contributed by atoms with Crippen LogP contribution in [0.15, 0.2) is 78.9 Å². The minimum absolute atomic E-state index is 0.0823. The zero-order valence-corrected chi connectivity index (χ0v) is 22.2. The SMILES string of the molecule is COc1ccc(N(CC(=O)N2CCN(C(c3ccccc3)c3ccccc3)CC2)S(C)(=O)=O)cc1OC. The Morgan fingerprint density at radius 1 is 0.838 bits per heavy atom. The molecule has 3 aromatic rings. The van der Waals surface area contributed by atoms with Gasteiger partial charge in [0, 0.05) is 32.2 Å². The van der Waals surface area contributed by atoms with E-state index in [9.17, 15) is 13.2 Å². The van der Waals surface area contributed by atoms with Crippen LogP contribution in [0.5, 0.6) is 11.5 Å². The Hall–Kier alpha value is -3.56. The number of carbonyl (C=O) groups excluding carboxylic acids is 1. The van der Waals surface area contributed by atoms with Gasteiger partial charge in [0.25, 0.3) is 0 Å². The number of nitrogens with zero attached hydrogens (tertiary/aromatic N) is 3. The van der Waals surface area contributed by atoms with Gasteiger partial charge in [0.15, 0.2) is 11.5 Å². The number of hydrogen-bond acceptors (Lipinski definition) is 6. The Balaban J connectivity index is 1.48. The average Bonchev–Trinajstić information content (AvgIpc) is 2.92. The van der Waals surface area contributed by atoms with Crippen LogP contribution < -0.4 is 13.8 Å². The van der Waals surface area contributed by atoms with Crippen molar-refractivity contribution in [2.45, 2.75) is 6.04 Å². The quantitative estimate of drug-likeness (QED) is 0.428. The molecule has 0 aliphatic carbocycles. The Labute approximate surface area is 219 Å². The first-order valence-electron chi connectivity index (χ1n) is 12.1. The van der Waals surface area contributed by atoms with E-state index in [1.54, 1.807) is 23.1 Å². The maximum atomic E-state index is 13.3. The normalized spacial score (nSPS) is 14.4. The monoisotopic (exact) mass is 523 g/mol. The number of ether oxygens (including phenoxy) is 2. The van der Waals surface area contributed by atoms with Crippen LogP contribution in [0, 0.1) is 0 Å². The van der Waals surface area contributed by atoms with Gasteiger partial charge >= 0.3 is 0 Å². The van der Waals surface area contributed by atoms with Crippen molar-refractivity contribution in [2.75, 3.05) is 57.5 Å². The first-order chi connectivity index (χ1) is 17.8. The molecule has 0 unspecified atom stereocenters. The van der Waals surface area contributed by atoms with Gasteiger partial charge in [-0.3, -0.25) is 14.0 Å². The Bertz CT molecular complexity index is 1250. The highest BCUT2D eigenvalue weighted by atomic mass is 32.2. The fraction of sp³-hybridized carbons (Fsp3) is 0.321. The highest BCUT2D eigenvalue weighted by Crippen LogP contribution is 2.33. The van der Waals surface area contributed by atoms with Crippen LogP contribution in [0.2, 0.25) is 0 Å². The minimum Gasteiger partial charge on any atom is -0.493 e. The zero-order valence-electron chi connectivity index (χ0n) is 21.4. The second kappa shape index (κ2) is 11.7. The van der Waals surface area contributed by atoms with Gasteiger partial charge in [-0.15, -0.1) is 0 Å². The molecule has 8 nitrogen and oxygen atoms in total. The van der Waals surface area contributed by atoms with E-state index in [2.05, 4.69) is 29.2 Å². The summed E-state index contributed by atoms with van der Waals surface area (Å²) in [5.74, 6) is 0.631. The van der Waals surface area contributed by atoms with Crippen molar-refractivity contribution in [1.82, 2.24) is 9.80 Å². The van der Waals surface area contributed by atoms with Crippen LogP contribution in [0.1, 0.15) is 17.2 Å². The predicted octanol–water partition coefficient (Wildman–Crippen LogP) is 3.40. The fourth-order valence-electron chi connectivity index (χ4n) is 4.72. The van der Waals surface area contributed by atoms with Crippen molar-refractivity contribution in [1.29, 1.82) is 0 Å². The first-order valence-corrected chi connectivity index (χ1v) is 14.0. The lowest BCUT2D eigenvalue weighted by Gasteiger charge is -2.40. The molecule has 1 aliphatic heterocycles. The lowest BCUT2D eigenvalue weighted by molar-refractivity contribution is -0.131. The number of piperazine rings is 1. The van der Waals surface area contributed by atoms with Crippen molar-refractivity contribution in [3.05, 3.63) is 90.0 Å². The molecule has 3 aromatic carbocycles. The van der Waals surface area contributed by atoms with Gasteiger partial charge in [-0.25, -0.2) is 8.42 Å². The molecule has 37 heavy (non-hydrogen) atoms. The second-order valence-corrected chi connectivity index (χ2v) is 10.9. The summed E-state index contributed by atoms with van der Waals surface area (Å²) in [5, 5.41) is 0. The molecular weight excluding hydrogens is 490 g/mol. The number of sulfonamides is 1. The van der Waals surface area contributed by atoms with E-state index in [1.165, 1.54) is 25.3 Å². The van der Waals surface area contributed by atoms with Gasteiger partial charge in [-0.2, -0.15) is 0 Å². The molecule has 0 aromatic heterocycles. The number of methoxy groups -OCH3 is 2. The number of anilines is 1. The summed E-state index contributed by atoms with van der Waals surface area (Å²) >= 11 is 0. The molecule has 0 atom stereocenters. The summed E-state index contributed by atoms with van der Waals surface area (Å²) in [6, 6.07) is 25.6. The summed E-state index contributed by atoms with van der Waals surface area (Å²) in [5.41, 5.74) is 2.75. The molecule has 0 N–H and O–H groups in total. The maximum absolute atomic E-state index is 13.3. The van der Waals surface area contributed by atoms with E-state index in [0.717, 1.165) is 10.6 Å². The number of benzene rings is 3. The highest BCUT2D eigenvalue weighted by molar-refractivity contribution is 7.92. The summed E-state index contributed by atoms with van der Waals surface area (Å²) in [7, 11) is -0.723. The predicted molar refractivity (Wildman–Crippen MR) is 145 cm³/mol. The summed E-state index contributed by atoms with van der Waals surface area (Å²) in [6.45, 7) is 2.09. The maximum Gasteiger partial charge on any atom is 0.243 e. The Morgan fingerprint density at radius 3 is 1.86 bits per heavy atom. The third kappa shape index (κ3) is 6.23. The first kappa shape index (κ1) is 26.5. The molecule has 0 bridgehead atoms. The zero-order chi connectivity index (χ0) is 26.4. The third-order valence-electron chi connectivity index (χ3n) is 6.60. The molecule has 196 valence electrons. The number of amides is 1. The fourth-order valence-corrected chi connectivity index (χ4v) is 5.56. The van der Waals surface area contributed by atoms with Crippen LogP contribution >= 0.6 is 0 Å². The smallest absolute Gasteiger partial charge is 0.243 e. The van der Waals surface area contributed by atoms with Crippen molar-refractivity contribution < 1.29 is 22.7 Å². The van der Waals surface area contributed by atoms with Crippen LogP contribution in [0.3, 0.4) is 0 Å². The number of hydrogen-bond donors (Lipinski definition) is 0. The van der Waals surface area contributed by atoms with Gasteiger partial charge in [-0.1, -0.05) is 60.7 Å². The van der Waals surface area contributed by atoms with Crippen molar-refractivity contribution in [3.8, 4) is 11.5 Å². The van der Waals surface area contributed by atoms with Crippen LogP contribution in [-0.2, 0) is 14.8 Å². The molecule has 1 amide bonds. The number of rotatable bonds is 9. The van der Waals surface area contributed by atoms with E-state index < -0.39 is 10.0 Å². The number of carbonyl (C=O) groups is 1. The molecule has 0 spiro atoms. The lowest BCUT2D eigenvalue weighted by Crippen LogP contribution is -2.52. The van der Waals surface area contributed by atoms with E-state index in [4.69, 9.17) is 9.47 Å². The van der Waals surface area contributed by atoms with E-state index in [-0.39, 0.29) is 18.5 Å². The standard InChI is InChI=1S/C28H33N3O5S/c1-35-25-15-14-24(20-26(25)36-2)31(37(3,33)34)21-27(32)29-16-18-30(19-17-29)28(22-10-6-4-7-11-22)23-12-8-5-9-13-23/h4-15,20,28H,16-19,21H2,1-3H3. The largest absolute Gasteiger partial charge is 0.493 e. The van der Waals surface area contributed by atoms with E-state index in [1.807, 2.05) is 36.4 Å². The molecule has 1 aliphatic rings. The van der Waals surface area contributed by atoms with Crippen LogP contribution in [0.4, 0.5) is 5.69 Å². The molecule has 1 heterocycles. The van der Waals surface area contributed by atoms with Gasteiger partial charge in [-0.05, 0) is 23.3 Å². The van der Waals surface area contributed by atoms with Crippen molar-refractivity contribution in [3.63, 3.8) is 0 Å². The molecule has 1 saturated heterocycles.